The molecule has 9 heteroatoms. The molecule has 0 spiro atoms. The van der Waals surface area contributed by atoms with Crippen molar-refractivity contribution >= 4 is 34.4 Å². The minimum atomic E-state index is -0.593. The Morgan fingerprint density at radius 3 is 2.57 bits per heavy atom. The SMILES string of the molecule is C[C@H]1CC2(NC(=O)c3cnc4ccccc4n3)CCC1(NC(=O)COc1ccc(Cl)c(F)c1)CC2. The summed E-state index contributed by atoms with van der Waals surface area (Å²) in [5.41, 5.74) is 1.06. The van der Waals surface area contributed by atoms with E-state index in [0.29, 0.717) is 11.2 Å². The molecule has 2 bridgehead atoms. The summed E-state index contributed by atoms with van der Waals surface area (Å²) in [4.78, 5) is 34.5. The highest BCUT2D eigenvalue weighted by atomic mass is 35.5. The zero-order valence-corrected chi connectivity index (χ0v) is 20.1. The minimum Gasteiger partial charge on any atom is -0.484 e. The Hall–Kier alpha value is -3.26. The van der Waals surface area contributed by atoms with E-state index in [2.05, 4.69) is 27.5 Å². The van der Waals surface area contributed by atoms with Gasteiger partial charge in [-0.25, -0.2) is 9.37 Å². The van der Waals surface area contributed by atoms with Crippen LogP contribution in [0.1, 0.15) is 49.5 Å². The third-order valence-electron chi connectivity index (χ3n) is 7.45. The standard InChI is InChI=1S/C26H26ClFN4O3/c1-16-13-25(32-24(34)22-14-29-20-4-2-3-5-21(20)30-22)8-10-26(16,11-9-25)31-23(33)15-35-17-6-7-18(27)19(28)12-17/h2-7,12,14,16H,8-11,13,15H2,1H3,(H,31,33)(H,32,34)/t16-,25?,26?/m0/s1. The maximum Gasteiger partial charge on any atom is 0.271 e. The highest BCUT2D eigenvalue weighted by Gasteiger charge is 2.54. The van der Waals surface area contributed by atoms with E-state index >= 15 is 0 Å². The van der Waals surface area contributed by atoms with E-state index in [4.69, 9.17) is 16.3 Å². The molecule has 0 unspecified atom stereocenters. The lowest BCUT2D eigenvalue weighted by atomic mass is 9.56. The van der Waals surface area contributed by atoms with Gasteiger partial charge < -0.3 is 15.4 Å². The van der Waals surface area contributed by atoms with Gasteiger partial charge in [0.05, 0.1) is 22.3 Å². The van der Waals surface area contributed by atoms with Crippen molar-refractivity contribution in [1.29, 1.82) is 0 Å². The van der Waals surface area contributed by atoms with Crippen LogP contribution in [0.5, 0.6) is 5.75 Å². The van der Waals surface area contributed by atoms with Crippen molar-refractivity contribution in [3.63, 3.8) is 0 Å². The average molecular weight is 497 g/mol. The van der Waals surface area contributed by atoms with E-state index in [9.17, 15) is 14.0 Å². The van der Waals surface area contributed by atoms with Crippen LogP contribution in [0.4, 0.5) is 4.39 Å². The first-order chi connectivity index (χ1) is 16.8. The molecule has 2 amide bonds. The van der Waals surface area contributed by atoms with Gasteiger partial charge in [-0.05, 0) is 62.3 Å². The van der Waals surface area contributed by atoms with Crippen molar-refractivity contribution in [3.8, 4) is 5.75 Å². The van der Waals surface area contributed by atoms with Gasteiger partial charge in [-0.1, -0.05) is 30.7 Å². The molecule has 0 saturated heterocycles. The van der Waals surface area contributed by atoms with Crippen LogP contribution in [-0.4, -0.2) is 39.5 Å². The van der Waals surface area contributed by atoms with Crippen molar-refractivity contribution in [2.75, 3.05) is 6.61 Å². The van der Waals surface area contributed by atoms with E-state index in [1.54, 1.807) is 0 Å². The lowest BCUT2D eigenvalue weighted by Crippen LogP contribution is -2.67. The van der Waals surface area contributed by atoms with Gasteiger partial charge in [-0.2, -0.15) is 0 Å². The molecule has 1 heterocycles. The lowest BCUT2D eigenvalue weighted by Gasteiger charge is -2.57. The zero-order chi connectivity index (χ0) is 24.6. The molecule has 3 saturated carbocycles. The number of ether oxygens (including phenoxy) is 1. The van der Waals surface area contributed by atoms with Crippen molar-refractivity contribution < 1.29 is 18.7 Å². The maximum absolute atomic E-state index is 13.6. The molecule has 7 nitrogen and oxygen atoms in total. The largest absolute Gasteiger partial charge is 0.484 e. The monoisotopic (exact) mass is 496 g/mol. The maximum atomic E-state index is 13.6. The Labute approximate surface area is 207 Å². The molecule has 3 fully saturated rings. The summed E-state index contributed by atoms with van der Waals surface area (Å²) in [6.07, 6.45) is 5.28. The number of para-hydroxylation sites is 2. The van der Waals surface area contributed by atoms with E-state index in [0.717, 1.165) is 43.7 Å². The summed E-state index contributed by atoms with van der Waals surface area (Å²) in [5, 5.41) is 6.40. The highest BCUT2D eigenvalue weighted by molar-refractivity contribution is 6.30. The van der Waals surface area contributed by atoms with Crippen molar-refractivity contribution in [3.05, 3.63) is 65.2 Å². The highest BCUT2D eigenvalue weighted by Crippen LogP contribution is 2.50. The second kappa shape index (κ2) is 9.07. The molecule has 2 aromatic carbocycles. The number of hydrogen-bond donors (Lipinski definition) is 2. The fraction of sp³-hybridized carbons (Fsp3) is 0.385. The van der Waals surface area contributed by atoms with Crippen LogP contribution >= 0.6 is 11.6 Å². The van der Waals surface area contributed by atoms with Crippen molar-refractivity contribution in [2.24, 2.45) is 5.92 Å². The fourth-order valence-corrected chi connectivity index (χ4v) is 5.60. The van der Waals surface area contributed by atoms with Crippen LogP contribution in [0.25, 0.3) is 11.0 Å². The Morgan fingerprint density at radius 2 is 1.86 bits per heavy atom. The first-order valence-electron chi connectivity index (χ1n) is 11.7. The molecule has 6 rings (SSSR count). The number of nitrogens with one attached hydrogen (secondary N) is 2. The van der Waals surface area contributed by atoms with E-state index < -0.39 is 5.82 Å². The van der Waals surface area contributed by atoms with Crippen molar-refractivity contribution in [2.45, 2.75) is 50.1 Å². The lowest BCUT2D eigenvalue weighted by molar-refractivity contribution is -0.128. The van der Waals surface area contributed by atoms with E-state index in [1.165, 1.54) is 18.3 Å². The average Bonchev–Trinajstić information content (AvgIpc) is 2.85. The van der Waals surface area contributed by atoms with Gasteiger partial charge in [0.15, 0.2) is 6.61 Å². The fourth-order valence-electron chi connectivity index (χ4n) is 5.48. The quantitative estimate of drug-likeness (QED) is 0.526. The molecular weight excluding hydrogens is 471 g/mol. The molecule has 1 atom stereocenters. The van der Waals surface area contributed by atoms with Crippen molar-refractivity contribution in [1.82, 2.24) is 20.6 Å². The molecule has 3 aromatic rings. The Morgan fingerprint density at radius 1 is 1.11 bits per heavy atom. The van der Waals surface area contributed by atoms with Gasteiger partial charge in [-0.3, -0.25) is 14.6 Å². The smallest absolute Gasteiger partial charge is 0.271 e. The Bertz CT molecular complexity index is 1290. The molecule has 35 heavy (non-hydrogen) atoms. The van der Waals surface area contributed by atoms with Crippen LogP contribution in [0, 0.1) is 11.7 Å². The normalized spacial score (nSPS) is 25.3. The number of carbonyl (C=O) groups is 2. The first kappa shape index (κ1) is 23.5. The molecule has 0 radical (unpaired) electrons. The summed E-state index contributed by atoms with van der Waals surface area (Å²) < 4.78 is 19.1. The molecule has 0 aliphatic heterocycles. The van der Waals surface area contributed by atoms with Gasteiger partial charge in [-0.15, -0.1) is 0 Å². The summed E-state index contributed by atoms with van der Waals surface area (Å²) in [7, 11) is 0. The third-order valence-corrected chi connectivity index (χ3v) is 7.76. The second-order valence-corrected chi connectivity index (χ2v) is 10.1. The number of amides is 2. The minimum absolute atomic E-state index is 0.00200. The van der Waals surface area contributed by atoms with E-state index in [1.807, 2.05) is 24.3 Å². The first-order valence-corrected chi connectivity index (χ1v) is 12.1. The number of fused-ring (bicyclic) bond motifs is 4. The number of hydrogen-bond acceptors (Lipinski definition) is 5. The summed E-state index contributed by atoms with van der Waals surface area (Å²) in [6.45, 7) is 1.89. The molecule has 2 N–H and O–H groups in total. The van der Waals surface area contributed by atoms with Crippen LogP contribution < -0.4 is 15.4 Å². The Kier molecular flexibility index (Phi) is 6.09. The third kappa shape index (κ3) is 4.67. The van der Waals surface area contributed by atoms with Gasteiger partial charge in [0, 0.05) is 17.1 Å². The van der Waals surface area contributed by atoms with E-state index in [-0.39, 0.29) is 46.2 Å². The van der Waals surface area contributed by atoms with Crippen LogP contribution in [-0.2, 0) is 4.79 Å². The molecule has 182 valence electrons. The predicted molar refractivity (Wildman–Crippen MR) is 130 cm³/mol. The van der Waals surface area contributed by atoms with Gasteiger partial charge >= 0.3 is 0 Å². The number of halogens is 2. The number of benzene rings is 2. The number of aromatic nitrogens is 2. The summed E-state index contributed by atoms with van der Waals surface area (Å²) in [5.74, 6) is -0.665. The molecule has 3 aliphatic carbocycles. The topological polar surface area (TPSA) is 93.2 Å². The number of nitrogens with zero attached hydrogens (tertiary/aromatic N) is 2. The van der Waals surface area contributed by atoms with Gasteiger partial charge in [0.1, 0.15) is 17.3 Å². The second-order valence-electron chi connectivity index (χ2n) is 9.65. The molecule has 3 aliphatic rings. The van der Waals surface area contributed by atoms with Gasteiger partial charge in [0.2, 0.25) is 0 Å². The summed E-state index contributed by atoms with van der Waals surface area (Å²) >= 11 is 5.69. The van der Waals surface area contributed by atoms with Crippen LogP contribution in [0.15, 0.2) is 48.7 Å². The summed E-state index contributed by atoms with van der Waals surface area (Å²) in [6, 6.07) is 11.5. The predicted octanol–water partition coefficient (Wildman–Crippen LogP) is 4.44. The van der Waals surface area contributed by atoms with Gasteiger partial charge in [0.25, 0.3) is 11.8 Å². The molecular formula is C26H26ClFN4O3. The number of rotatable bonds is 6. The zero-order valence-electron chi connectivity index (χ0n) is 19.3. The Balaban J connectivity index is 1.20. The molecule has 1 aromatic heterocycles. The number of carbonyl (C=O) groups excluding carboxylic acids is 2. The van der Waals surface area contributed by atoms with Crippen LogP contribution in [0.2, 0.25) is 5.02 Å². The van der Waals surface area contributed by atoms with Crippen LogP contribution in [0.3, 0.4) is 0 Å².